The van der Waals surface area contributed by atoms with E-state index in [1.165, 1.54) is 6.07 Å². The van der Waals surface area contributed by atoms with Crippen molar-refractivity contribution in [3.63, 3.8) is 0 Å². The van der Waals surface area contributed by atoms with Gasteiger partial charge in [-0.25, -0.2) is 13.2 Å². The Balaban J connectivity index is 2.15. The molecule has 1 aliphatic rings. The molecule has 1 aliphatic carbocycles. The first-order chi connectivity index (χ1) is 8.15. The highest BCUT2D eigenvalue weighted by atomic mass is 19.2. The predicted molar refractivity (Wildman–Crippen MR) is 60.3 cm³/mol. The summed E-state index contributed by atoms with van der Waals surface area (Å²) in [7, 11) is 0. The number of halogens is 3. The summed E-state index contributed by atoms with van der Waals surface area (Å²) >= 11 is 0. The van der Waals surface area contributed by atoms with Crippen molar-refractivity contribution < 1.29 is 13.2 Å². The zero-order valence-electron chi connectivity index (χ0n) is 9.77. The van der Waals surface area contributed by atoms with Crippen molar-refractivity contribution in [2.24, 2.45) is 5.92 Å². The third-order valence-electron chi connectivity index (χ3n) is 3.54. The van der Waals surface area contributed by atoms with Crippen molar-refractivity contribution in [3.05, 3.63) is 35.1 Å². The van der Waals surface area contributed by atoms with Crippen LogP contribution in [0, 0.1) is 23.4 Å². The largest absolute Gasteiger partial charge is 0.317 e. The van der Waals surface area contributed by atoms with Crippen LogP contribution in [0.25, 0.3) is 0 Å². The molecule has 0 amide bonds. The Kier molecular flexibility index (Phi) is 3.72. The minimum atomic E-state index is -1.35. The van der Waals surface area contributed by atoms with Crippen LogP contribution >= 0.6 is 0 Å². The highest BCUT2D eigenvalue weighted by Gasteiger charge is 2.34. The SMILES string of the molecule is CCNCC1CCC1c1ccc(F)c(F)c1F. The summed E-state index contributed by atoms with van der Waals surface area (Å²) in [6.07, 6.45) is 1.86. The van der Waals surface area contributed by atoms with Gasteiger partial charge >= 0.3 is 0 Å². The van der Waals surface area contributed by atoms with Crippen molar-refractivity contribution in [1.82, 2.24) is 5.32 Å². The number of rotatable bonds is 4. The van der Waals surface area contributed by atoms with Gasteiger partial charge in [0.1, 0.15) is 0 Å². The van der Waals surface area contributed by atoms with Crippen molar-refractivity contribution in [3.8, 4) is 0 Å². The number of benzene rings is 1. The molecule has 4 heteroatoms. The van der Waals surface area contributed by atoms with Crippen LogP contribution in [-0.2, 0) is 0 Å². The maximum absolute atomic E-state index is 13.6. The van der Waals surface area contributed by atoms with E-state index in [0.717, 1.165) is 32.0 Å². The van der Waals surface area contributed by atoms with Crippen LogP contribution < -0.4 is 5.32 Å². The number of nitrogens with one attached hydrogen (secondary N) is 1. The van der Waals surface area contributed by atoms with Gasteiger partial charge in [-0.15, -0.1) is 0 Å². The van der Waals surface area contributed by atoms with Crippen LogP contribution in [0.1, 0.15) is 31.2 Å². The minimum absolute atomic E-state index is 0.0177. The van der Waals surface area contributed by atoms with E-state index in [1.54, 1.807) is 0 Å². The molecule has 94 valence electrons. The van der Waals surface area contributed by atoms with Crippen LogP contribution in [0.5, 0.6) is 0 Å². The van der Waals surface area contributed by atoms with Gasteiger partial charge in [0.2, 0.25) is 0 Å². The summed E-state index contributed by atoms with van der Waals surface area (Å²) in [6, 6.07) is 2.38. The Labute approximate surface area is 99.0 Å². The van der Waals surface area contributed by atoms with Crippen LogP contribution in [0.3, 0.4) is 0 Å². The lowest BCUT2D eigenvalue weighted by Crippen LogP contribution is -2.34. The Bertz CT molecular complexity index is 406. The molecule has 1 fully saturated rings. The fourth-order valence-corrected chi connectivity index (χ4v) is 2.38. The molecule has 0 aromatic heterocycles. The lowest BCUT2D eigenvalue weighted by atomic mass is 9.70. The predicted octanol–water partition coefficient (Wildman–Crippen LogP) is 3.21. The fraction of sp³-hybridized carbons (Fsp3) is 0.538. The zero-order valence-corrected chi connectivity index (χ0v) is 9.77. The van der Waals surface area contributed by atoms with E-state index in [1.807, 2.05) is 6.92 Å². The van der Waals surface area contributed by atoms with Crippen molar-refractivity contribution in [2.45, 2.75) is 25.7 Å². The lowest BCUT2D eigenvalue weighted by Gasteiger charge is -2.37. The molecule has 2 atom stereocenters. The topological polar surface area (TPSA) is 12.0 Å². The van der Waals surface area contributed by atoms with E-state index < -0.39 is 17.5 Å². The van der Waals surface area contributed by atoms with Crippen LogP contribution in [0.4, 0.5) is 13.2 Å². The molecule has 1 aromatic carbocycles. The Hall–Kier alpha value is -1.03. The molecule has 0 radical (unpaired) electrons. The fourth-order valence-electron chi connectivity index (χ4n) is 2.38. The van der Waals surface area contributed by atoms with E-state index in [2.05, 4.69) is 5.32 Å². The highest BCUT2D eigenvalue weighted by molar-refractivity contribution is 5.26. The summed E-state index contributed by atoms with van der Waals surface area (Å²) in [5.74, 6) is -3.14. The second-order valence-electron chi connectivity index (χ2n) is 4.52. The summed E-state index contributed by atoms with van der Waals surface area (Å²) in [5.41, 5.74) is 0.318. The average Bonchev–Trinajstić information content (AvgIpc) is 2.29. The van der Waals surface area contributed by atoms with Gasteiger partial charge in [-0.2, -0.15) is 0 Å². The first kappa shape index (κ1) is 12.4. The Morgan fingerprint density at radius 3 is 2.53 bits per heavy atom. The molecule has 1 N–H and O–H groups in total. The van der Waals surface area contributed by atoms with E-state index in [9.17, 15) is 13.2 Å². The summed E-state index contributed by atoms with van der Waals surface area (Å²) in [5, 5.41) is 3.21. The second kappa shape index (κ2) is 5.08. The third-order valence-corrected chi connectivity index (χ3v) is 3.54. The van der Waals surface area contributed by atoms with Gasteiger partial charge in [0.15, 0.2) is 17.5 Å². The van der Waals surface area contributed by atoms with Crippen LogP contribution in [0.15, 0.2) is 12.1 Å². The van der Waals surface area contributed by atoms with Gasteiger partial charge < -0.3 is 5.32 Å². The molecular formula is C13H16F3N. The molecule has 2 unspecified atom stereocenters. The third kappa shape index (κ3) is 2.32. The zero-order chi connectivity index (χ0) is 12.4. The van der Waals surface area contributed by atoms with E-state index in [-0.39, 0.29) is 5.92 Å². The molecule has 0 bridgehead atoms. The maximum Gasteiger partial charge on any atom is 0.194 e. The lowest BCUT2D eigenvalue weighted by molar-refractivity contribution is 0.239. The molecule has 0 saturated heterocycles. The molecular weight excluding hydrogens is 227 g/mol. The summed E-state index contributed by atoms with van der Waals surface area (Å²) < 4.78 is 39.5. The first-order valence-corrected chi connectivity index (χ1v) is 5.99. The molecule has 2 rings (SSSR count). The second-order valence-corrected chi connectivity index (χ2v) is 4.52. The number of hydrogen-bond acceptors (Lipinski definition) is 1. The minimum Gasteiger partial charge on any atom is -0.317 e. The molecule has 1 nitrogen and oxygen atoms in total. The van der Waals surface area contributed by atoms with Gasteiger partial charge in [-0.05, 0) is 49.4 Å². The molecule has 0 aliphatic heterocycles. The van der Waals surface area contributed by atoms with Gasteiger partial charge in [0, 0.05) is 0 Å². The summed E-state index contributed by atoms with van der Waals surface area (Å²) in [6.45, 7) is 3.68. The van der Waals surface area contributed by atoms with Crippen LogP contribution in [-0.4, -0.2) is 13.1 Å². The van der Waals surface area contributed by atoms with Crippen molar-refractivity contribution in [1.29, 1.82) is 0 Å². The smallest absolute Gasteiger partial charge is 0.194 e. The van der Waals surface area contributed by atoms with Gasteiger partial charge in [-0.3, -0.25) is 0 Å². The Morgan fingerprint density at radius 2 is 1.94 bits per heavy atom. The Morgan fingerprint density at radius 1 is 1.18 bits per heavy atom. The molecule has 1 saturated carbocycles. The first-order valence-electron chi connectivity index (χ1n) is 5.99. The average molecular weight is 243 g/mol. The monoisotopic (exact) mass is 243 g/mol. The molecule has 0 heterocycles. The van der Waals surface area contributed by atoms with Gasteiger partial charge in [-0.1, -0.05) is 13.0 Å². The highest BCUT2D eigenvalue weighted by Crippen LogP contribution is 2.43. The van der Waals surface area contributed by atoms with Crippen LogP contribution in [0.2, 0.25) is 0 Å². The van der Waals surface area contributed by atoms with Gasteiger partial charge in [0.05, 0.1) is 0 Å². The molecule has 17 heavy (non-hydrogen) atoms. The normalized spacial score (nSPS) is 23.5. The molecule has 0 spiro atoms. The van der Waals surface area contributed by atoms with E-state index in [0.29, 0.717) is 11.5 Å². The van der Waals surface area contributed by atoms with E-state index in [4.69, 9.17) is 0 Å². The van der Waals surface area contributed by atoms with Crippen molar-refractivity contribution in [2.75, 3.05) is 13.1 Å². The maximum atomic E-state index is 13.6. The standard InChI is InChI=1S/C13H16F3N/c1-2-17-7-8-3-4-9(8)10-5-6-11(14)13(16)12(10)15/h5-6,8-9,17H,2-4,7H2,1H3. The molecule has 1 aromatic rings. The van der Waals surface area contributed by atoms with Crippen molar-refractivity contribution >= 4 is 0 Å². The number of hydrogen-bond donors (Lipinski definition) is 1. The van der Waals surface area contributed by atoms with Gasteiger partial charge in [0.25, 0.3) is 0 Å². The summed E-state index contributed by atoms with van der Waals surface area (Å²) in [4.78, 5) is 0. The quantitative estimate of drug-likeness (QED) is 0.801. The van der Waals surface area contributed by atoms with E-state index >= 15 is 0 Å².